The molecule has 1 aliphatic heterocycles. The molecule has 21 heavy (non-hydrogen) atoms. The topological polar surface area (TPSA) is 95.9 Å². The molecule has 7 heteroatoms. The van der Waals surface area contributed by atoms with E-state index in [1.165, 1.54) is 0 Å². The Balaban J connectivity index is 2.34. The van der Waals surface area contributed by atoms with Crippen molar-refractivity contribution in [2.24, 2.45) is 5.92 Å². The van der Waals surface area contributed by atoms with E-state index in [9.17, 15) is 14.4 Å². The fourth-order valence-electron chi connectivity index (χ4n) is 2.15. The zero-order valence-corrected chi connectivity index (χ0v) is 12.6. The molecule has 1 atom stereocenters. The number of ether oxygens (including phenoxy) is 1. The maximum absolute atomic E-state index is 11.9. The van der Waals surface area contributed by atoms with Crippen molar-refractivity contribution in [3.63, 3.8) is 0 Å². The van der Waals surface area contributed by atoms with Crippen LogP contribution in [0.15, 0.2) is 0 Å². The van der Waals surface area contributed by atoms with Crippen molar-refractivity contribution >= 4 is 17.8 Å². The minimum atomic E-state index is -1.04. The van der Waals surface area contributed by atoms with Crippen LogP contribution >= 0.6 is 0 Å². The Morgan fingerprint density at radius 2 is 1.81 bits per heavy atom. The lowest BCUT2D eigenvalue weighted by Crippen LogP contribution is -2.43. The second-order valence-corrected chi connectivity index (χ2v) is 5.58. The quantitative estimate of drug-likeness (QED) is 0.702. The number of carbonyl (C=O) groups excluding carboxylic acids is 2. The van der Waals surface area contributed by atoms with Gasteiger partial charge in [0.25, 0.3) is 0 Å². The first-order valence-electron chi connectivity index (χ1n) is 7.28. The number of nitrogens with zero attached hydrogens (tertiary/aromatic N) is 1. The first-order valence-corrected chi connectivity index (χ1v) is 7.28. The van der Waals surface area contributed by atoms with Gasteiger partial charge in [-0.1, -0.05) is 13.8 Å². The lowest BCUT2D eigenvalue weighted by Gasteiger charge is -2.26. The average molecular weight is 300 g/mol. The fourth-order valence-corrected chi connectivity index (χ4v) is 2.15. The van der Waals surface area contributed by atoms with Gasteiger partial charge in [-0.15, -0.1) is 0 Å². The highest BCUT2D eigenvalue weighted by atomic mass is 16.5. The highest BCUT2D eigenvalue weighted by molar-refractivity contribution is 5.86. The van der Waals surface area contributed by atoms with Crippen molar-refractivity contribution in [3.05, 3.63) is 0 Å². The molecule has 1 fully saturated rings. The molecular weight excluding hydrogens is 276 g/mol. The number of carboxylic acid groups (broad SMARTS) is 1. The summed E-state index contributed by atoms with van der Waals surface area (Å²) in [7, 11) is 0. The third kappa shape index (κ3) is 6.57. The number of morpholine rings is 1. The van der Waals surface area contributed by atoms with Gasteiger partial charge in [-0.2, -0.15) is 0 Å². The van der Waals surface area contributed by atoms with Gasteiger partial charge in [-0.3, -0.25) is 9.59 Å². The first-order chi connectivity index (χ1) is 9.90. The van der Waals surface area contributed by atoms with E-state index in [-0.39, 0.29) is 24.7 Å². The Labute approximate surface area is 124 Å². The first kappa shape index (κ1) is 17.4. The lowest BCUT2D eigenvalue weighted by atomic mass is 10.0. The Morgan fingerprint density at radius 3 is 2.33 bits per heavy atom. The molecule has 2 N–H and O–H groups in total. The van der Waals surface area contributed by atoms with Crippen LogP contribution in [0.1, 0.15) is 33.1 Å². The van der Waals surface area contributed by atoms with Gasteiger partial charge in [0.2, 0.25) is 11.8 Å². The average Bonchev–Trinajstić information content (AvgIpc) is 2.44. The van der Waals surface area contributed by atoms with E-state index < -0.39 is 17.9 Å². The number of hydrogen-bond acceptors (Lipinski definition) is 4. The number of hydrogen-bond donors (Lipinski definition) is 2. The summed E-state index contributed by atoms with van der Waals surface area (Å²) in [5.41, 5.74) is 0. The van der Waals surface area contributed by atoms with Gasteiger partial charge in [0.05, 0.1) is 13.2 Å². The molecule has 7 nitrogen and oxygen atoms in total. The van der Waals surface area contributed by atoms with Gasteiger partial charge >= 0.3 is 5.97 Å². The van der Waals surface area contributed by atoms with Gasteiger partial charge in [-0.05, 0) is 12.3 Å². The summed E-state index contributed by atoms with van der Waals surface area (Å²) < 4.78 is 5.15. The summed E-state index contributed by atoms with van der Waals surface area (Å²) >= 11 is 0. The second-order valence-electron chi connectivity index (χ2n) is 5.58. The molecule has 2 amide bonds. The summed E-state index contributed by atoms with van der Waals surface area (Å²) in [4.78, 5) is 36.3. The van der Waals surface area contributed by atoms with E-state index in [1.807, 2.05) is 13.8 Å². The van der Waals surface area contributed by atoms with Gasteiger partial charge in [-0.25, -0.2) is 4.79 Å². The molecule has 1 saturated heterocycles. The Kier molecular flexibility index (Phi) is 7.14. The van der Waals surface area contributed by atoms with Crippen LogP contribution in [0.4, 0.5) is 0 Å². The summed E-state index contributed by atoms with van der Waals surface area (Å²) in [6.07, 6.45) is 0.483. The predicted molar refractivity (Wildman–Crippen MR) is 75.7 cm³/mol. The predicted octanol–water partition coefficient (Wildman–Crippen LogP) is 0.241. The van der Waals surface area contributed by atoms with Crippen molar-refractivity contribution in [3.8, 4) is 0 Å². The molecule has 120 valence electrons. The number of rotatable bonds is 7. The third-order valence-electron chi connectivity index (χ3n) is 3.27. The molecule has 0 spiro atoms. The molecule has 0 radical (unpaired) electrons. The van der Waals surface area contributed by atoms with Crippen molar-refractivity contribution in [2.75, 3.05) is 26.3 Å². The number of carboxylic acids is 1. The van der Waals surface area contributed by atoms with Gasteiger partial charge in [0.15, 0.2) is 0 Å². The molecule has 0 aromatic rings. The van der Waals surface area contributed by atoms with E-state index >= 15 is 0 Å². The highest BCUT2D eigenvalue weighted by Crippen LogP contribution is 2.06. The van der Waals surface area contributed by atoms with Gasteiger partial charge < -0.3 is 20.1 Å². The van der Waals surface area contributed by atoms with E-state index in [2.05, 4.69) is 5.32 Å². The maximum Gasteiger partial charge on any atom is 0.326 e. The fraction of sp³-hybridized carbons (Fsp3) is 0.786. The van der Waals surface area contributed by atoms with Crippen LogP contribution in [0.25, 0.3) is 0 Å². The third-order valence-corrected chi connectivity index (χ3v) is 3.27. The molecule has 0 saturated carbocycles. The number of amides is 2. The maximum atomic E-state index is 11.9. The van der Waals surface area contributed by atoms with E-state index in [0.29, 0.717) is 32.7 Å². The molecule has 1 heterocycles. The van der Waals surface area contributed by atoms with E-state index in [1.54, 1.807) is 4.90 Å². The SMILES string of the molecule is CC(C)C[C@H](NC(=O)CCC(=O)N1CCOCC1)C(=O)O. The molecule has 0 unspecified atom stereocenters. The summed E-state index contributed by atoms with van der Waals surface area (Å²) in [6.45, 7) is 5.92. The molecule has 0 aliphatic carbocycles. The smallest absolute Gasteiger partial charge is 0.326 e. The summed E-state index contributed by atoms with van der Waals surface area (Å²) in [5, 5.41) is 11.5. The van der Waals surface area contributed by atoms with Crippen LogP contribution in [0, 0.1) is 5.92 Å². The highest BCUT2D eigenvalue weighted by Gasteiger charge is 2.22. The zero-order valence-electron chi connectivity index (χ0n) is 12.6. The second kappa shape index (κ2) is 8.61. The van der Waals surface area contributed by atoms with Crippen molar-refractivity contribution in [2.45, 2.75) is 39.2 Å². The molecule has 0 aromatic carbocycles. The molecular formula is C14H24N2O5. The summed E-state index contributed by atoms with van der Waals surface area (Å²) in [6, 6.07) is -0.893. The van der Waals surface area contributed by atoms with Crippen LogP contribution in [0.3, 0.4) is 0 Å². The minimum absolute atomic E-state index is 0.0120. The van der Waals surface area contributed by atoms with Gasteiger partial charge in [0, 0.05) is 25.9 Å². The van der Waals surface area contributed by atoms with Crippen LogP contribution < -0.4 is 5.32 Å². The monoisotopic (exact) mass is 300 g/mol. The number of carbonyl (C=O) groups is 3. The van der Waals surface area contributed by atoms with Crippen LogP contribution in [0.5, 0.6) is 0 Å². The van der Waals surface area contributed by atoms with Crippen molar-refractivity contribution in [1.82, 2.24) is 10.2 Å². The van der Waals surface area contributed by atoms with Crippen molar-refractivity contribution < 1.29 is 24.2 Å². The van der Waals surface area contributed by atoms with E-state index in [4.69, 9.17) is 9.84 Å². The van der Waals surface area contributed by atoms with Crippen molar-refractivity contribution in [1.29, 1.82) is 0 Å². The Bertz CT molecular complexity index is 378. The largest absolute Gasteiger partial charge is 0.480 e. The number of nitrogens with one attached hydrogen (secondary N) is 1. The standard InChI is InChI=1S/C14H24N2O5/c1-10(2)9-11(14(19)20)15-12(17)3-4-13(18)16-5-7-21-8-6-16/h10-11H,3-9H2,1-2H3,(H,15,17)(H,19,20)/t11-/m0/s1. The normalized spacial score (nSPS) is 16.6. The van der Waals surface area contributed by atoms with Gasteiger partial charge in [0.1, 0.15) is 6.04 Å². The zero-order chi connectivity index (χ0) is 15.8. The minimum Gasteiger partial charge on any atom is -0.480 e. The molecule has 0 aromatic heterocycles. The molecule has 0 bridgehead atoms. The Morgan fingerprint density at radius 1 is 1.19 bits per heavy atom. The van der Waals surface area contributed by atoms with Crippen LogP contribution in [-0.4, -0.2) is 60.1 Å². The number of aliphatic carboxylic acids is 1. The van der Waals surface area contributed by atoms with Crippen LogP contribution in [0.2, 0.25) is 0 Å². The lowest BCUT2D eigenvalue weighted by molar-refractivity contribution is -0.142. The Hall–Kier alpha value is -1.63. The summed E-state index contributed by atoms with van der Waals surface area (Å²) in [5.74, 6) is -1.37. The molecule has 1 aliphatic rings. The van der Waals surface area contributed by atoms with E-state index in [0.717, 1.165) is 0 Å². The molecule has 1 rings (SSSR count). The van der Waals surface area contributed by atoms with Crippen LogP contribution in [-0.2, 0) is 19.1 Å².